The van der Waals surface area contributed by atoms with Crippen molar-refractivity contribution in [2.24, 2.45) is 0 Å². The Labute approximate surface area is 583 Å². The van der Waals surface area contributed by atoms with Crippen molar-refractivity contribution in [3.8, 4) is 90.6 Å². The molecule has 0 spiro atoms. The molecular formula is C91H58BN9. The van der Waals surface area contributed by atoms with Crippen molar-refractivity contribution in [3.05, 3.63) is 352 Å². The summed E-state index contributed by atoms with van der Waals surface area (Å²) in [5.41, 5.74) is 25.9. The molecule has 18 aromatic rings. The van der Waals surface area contributed by atoms with Gasteiger partial charge < -0.3 is 18.9 Å². The molecule has 9 nitrogen and oxygen atoms in total. The van der Waals surface area contributed by atoms with Crippen molar-refractivity contribution in [2.75, 3.05) is 9.80 Å². The van der Waals surface area contributed by atoms with Crippen molar-refractivity contribution >= 4 is 101 Å². The van der Waals surface area contributed by atoms with Crippen molar-refractivity contribution in [1.29, 1.82) is 0 Å². The van der Waals surface area contributed by atoms with E-state index < -0.39 is 0 Å². The van der Waals surface area contributed by atoms with Gasteiger partial charge in [-0.25, -0.2) is 24.9 Å². The molecule has 2 aliphatic heterocycles. The van der Waals surface area contributed by atoms with Crippen LogP contribution in [0.2, 0.25) is 0 Å². The lowest BCUT2D eigenvalue weighted by atomic mass is 9.33. The van der Waals surface area contributed by atoms with Crippen LogP contribution < -0.4 is 26.2 Å². The van der Waals surface area contributed by atoms with Gasteiger partial charge in [-0.3, -0.25) is 0 Å². The Morgan fingerprint density at radius 3 is 1.26 bits per heavy atom. The Morgan fingerprint density at radius 2 is 0.653 bits per heavy atom. The van der Waals surface area contributed by atoms with E-state index in [0.717, 1.165) is 129 Å². The lowest BCUT2D eigenvalue weighted by molar-refractivity contribution is 1.06. The minimum Gasteiger partial charge on any atom is -0.311 e. The number of hydrogen-bond acceptors (Lipinski definition) is 7. The van der Waals surface area contributed by atoms with E-state index >= 15 is 0 Å². The fourth-order valence-electron chi connectivity index (χ4n) is 15.7. The predicted molar refractivity (Wildman–Crippen MR) is 416 cm³/mol. The molecular weight excluding hydrogens is 1230 g/mol. The van der Waals surface area contributed by atoms with Gasteiger partial charge >= 0.3 is 0 Å². The zero-order valence-electron chi connectivity index (χ0n) is 54.6. The molecule has 0 unspecified atom stereocenters. The highest BCUT2D eigenvalue weighted by molar-refractivity contribution is 7.00. The van der Waals surface area contributed by atoms with E-state index in [2.05, 4.69) is 328 Å². The van der Waals surface area contributed by atoms with E-state index in [0.29, 0.717) is 23.3 Å². The second kappa shape index (κ2) is 23.6. The van der Waals surface area contributed by atoms with Crippen LogP contribution in [0.15, 0.2) is 352 Å². The smallest absolute Gasteiger partial charge is 0.252 e. The molecule has 2 aliphatic rings. The van der Waals surface area contributed by atoms with Crippen LogP contribution in [0, 0.1) is 0 Å². The first-order chi connectivity index (χ1) is 50.1. The molecule has 10 heteroatoms. The van der Waals surface area contributed by atoms with Crippen molar-refractivity contribution in [2.45, 2.75) is 0 Å². The van der Waals surface area contributed by atoms with Crippen LogP contribution >= 0.6 is 0 Å². The summed E-state index contributed by atoms with van der Waals surface area (Å²) in [6.45, 7) is -0.0365. The van der Waals surface area contributed by atoms with Gasteiger partial charge in [0.25, 0.3) is 6.71 Å². The Balaban J connectivity index is 0.812. The third-order valence-corrected chi connectivity index (χ3v) is 20.2. The summed E-state index contributed by atoms with van der Waals surface area (Å²) in [5.74, 6) is 2.22. The second-order valence-corrected chi connectivity index (χ2v) is 25.9. The number of aromatic nitrogens is 7. The Bertz CT molecular complexity index is 6200. The highest BCUT2D eigenvalue weighted by atomic mass is 15.2. The maximum atomic E-state index is 5.69. The highest BCUT2D eigenvalue weighted by Gasteiger charge is 2.44. The van der Waals surface area contributed by atoms with Gasteiger partial charge in [-0.2, -0.15) is 0 Å². The number of rotatable bonds is 11. The fourth-order valence-corrected chi connectivity index (χ4v) is 15.7. The molecule has 6 heterocycles. The predicted octanol–water partition coefficient (Wildman–Crippen LogP) is 20.6. The van der Waals surface area contributed by atoms with E-state index in [4.69, 9.17) is 24.9 Å². The Morgan fingerprint density at radius 1 is 0.228 bits per heavy atom. The zero-order valence-corrected chi connectivity index (χ0v) is 54.6. The quantitative estimate of drug-likeness (QED) is 0.119. The van der Waals surface area contributed by atoms with Crippen LogP contribution in [0.25, 0.3) is 134 Å². The summed E-state index contributed by atoms with van der Waals surface area (Å²) < 4.78 is 4.80. The van der Waals surface area contributed by atoms with Crippen molar-refractivity contribution < 1.29 is 0 Å². The Kier molecular flexibility index (Phi) is 13.5. The van der Waals surface area contributed by atoms with Crippen molar-refractivity contribution in [3.63, 3.8) is 0 Å². The lowest BCUT2D eigenvalue weighted by Crippen LogP contribution is -2.61. The second-order valence-electron chi connectivity index (χ2n) is 25.9. The maximum Gasteiger partial charge on any atom is 0.252 e. The monoisotopic (exact) mass is 1290 g/mol. The van der Waals surface area contributed by atoms with Gasteiger partial charge in [-0.1, -0.05) is 255 Å². The topological polar surface area (TPSA) is 80.8 Å². The fraction of sp³-hybridized carbons (Fsp3) is 0. The van der Waals surface area contributed by atoms with Crippen LogP contribution in [0.5, 0.6) is 0 Å². The van der Waals surface area contributed by atoms with Gasteiger partial charge in [0.2, 0.25) is 0 Å². The van der Waals surface area contributed by atoms with Gasteiger partial charge in [0.15, 0.2) is 23.3 Å². The lowest BCUT2D eigenvalue weighted by Gasteiger charge is -2.45. The first kappa shape index (κ1) is 57.7. The Hall–Kier alpha value is -13.6. The first-order valence-corrected chi connectivity index (χ1v) is 34.3. The SMILES string of the molecule is c1ccc(-c2cc(-c3ccc(-n4c5ccccc5c5cc6c7ccccc7n(-c7ccccc7)c6cc54)c(-c4nc(-c5ccccc5)nc(-c5ccc(-c6ccc7c8c6N(c6ccccc6)c6ccccc6B8c6ccccc6N7c6ccccc6)cc5)n4)c3)nc(-c3ccccc3)n2)cc1. The average Bonchev–Trinajstić information content (AvgIpc) is 1.42. The van der Waals surface area contributed by atoms with Crippen LogP contribution in [0.3, 0.4) is 0 Å². The van der Waals surface area contributed by atoms with Crippen LogP contribution in [0.1, 0.15) is 0 Å². The van der Waals surface area contributed by atoms with Gasteiger partial charge in [-0.05, 0) is 119 Å². The number of para-hydroxylation sites is 7. The molecule has 0 aliphatic carbocycles. The molecule has 0 atom stereocenters. The minimum absolute atomic E-state index is 0.0365. The van der Waals surface area contributed by atoms with Crippen molar-refractivity contribution in [1.82, 2.24) is 34.1 Å². The molecule has 20 rings (SSSR count). The maximum absolute atomic E-state index is 5.69. The minimum atomic E-state index is -0.0365. The third-order valence-electron chi connectivity index (χ3n) is 20.2. The van der Waals surface area contributed by atoms with Gasteiger partial charge in [0, 0.05) is 94.6 Å². The van der Waals surface area contributed by atoms with E-state index in [-0.39, 0.29) is 6.71 Å². The number of nitrogens with zero attached hydrogens (tertiary/aromatic N) is 9. The standard InChI is InChI=1S/C91H58BN9/c1-7-27-60(28-8-1)76-57-77(94-88(93-76)61-29-9-2-10-30-61)64-51-53-80(101-79-44-24-20-40-70(79)72-56-71-69-39-19-23-43-78(69)98(84(71)58-85(72)101)65-33-13-4-14-34-65)73(55-64)91-96-89(62-31-11-3-12-32-62)95-90(97-91)63-49-47-59(48-50-63)68-52-54-83-86-87(68)100(67-37-17-6-18-38-67)82-46-26-22-42-75(82)92(86)74-41-21-25-45-81(74)99(83)66-35-15-5-16-36-66/h1-58H. The molecule has 0 N–H and O–H groups in total. The number of anilines is 6. The molecule has 14 aromatic carbocycles. The summed E-state index contributed by atoms with van der Waals surface area (Å²) in [6.07, 6.45) is 0. The van der Waals surface area contributed by atoms with Gasteiger partial charge in [-0.15, -0.1) is 0 Å². The molecule has 101 heavy (non-hydrogen) atoms. The summed E-state index contributed by atoms with van der Waals surface area (Å²) in [5, 5.41) is 4.63. The molecule has 0 saturated heterocycles. The molecule has 0 saturated carbocycles. The van der Waals surface area contributed by atoms with Crippen LogP contribution in [-0.4, -0.2) is 40.8 Å². The third kappa shape index (κ3) is 9.52. The number of fused-ring (bicyclic) bond motifs is 10. The molecule has 0 amide bonds. The van der Waals surface area contributed by atoms with E-state index in [1.54, 1.807) is 0 Å². The molecule has 4 aromatic heterocycles. The number of benzene rings is 14. The van der Waals surface area contributed by atoms with E-state index in [1.165, 1.54) is 32.8 Å². The van der Waals surface area contributed by atoms with Crippen LogP contribution in [-0.2, 0) is 0 Å². The summed E-state index contributed by atoms with van der Waals surface area (Å²) >= 11 is 0. The molecule has 0 fully saturated rings. The average molecular weight is 1290 g/mol. The summed E-state index contributed by atoms with van der Waals surface area (Å²) in [6, 6.07) is 125. The number of hydrogen-bond donors (Lipinski definition) is 0. The summed E-state index contributed by atoms with van der Waals surface area (Å²) in [4.78, 5) is 32.3. The zero-order chi connectivity index (χ0) is 66.5. The van der Waals surface area contributed by atoms with Gasteiger partial charge in [0.05, 0.1) is 44.8 Å². The van der Waals surface area contributed by atoms with Crippen LogP contribution in [0.4, 0.5) is 34.1 Å². The first-order valence-electron chi connectivity index (χ1n) is 34.3. The van der Waals surface area contributed by atoms with E-state index in [1.807, 2.05) is 42.5 Å². The summed E-state index contributed by atoms with van der Waals surface area (Å²) in [7, 11) is 0. The molecule has 470 valence electrons. The van der Waals surface area contributed by atoms with Gasteiger partial charge in [0.1, 0.15) is 0 Å². The largest absolute Gasteiger partial charge is 0.311 e. The normalized spacial score (nSPS) is 12.3. The molecule has 0 radical (unpaired) electrons. The highest BCUT2D eigenvalue weighted by Crippen LogP contribution is 2.49. The van der Waals surface area contributed by atoms with E-state index in [9.17, 15) is 0 Å². The molecule has 0 bridgehead atoms.